The summed E-state index contributed by atoms with van der Waals surface area (Å²) in [6, 6.07) is 2.23. The van der Waals surface area contributed by atoms with Crippen molar-refractivity contribution in [3.63, 3.8) is 0 Å². The van der Waals surface area contributed by atoms with Gasteiger partial charge in [0, 0.05) is 5.56 Å². The minimum atomic E-state index is -1.34. The summed E-state index contributed by atoms with van der Waals surface area (Å²) in [5.74, 6) is -2.01. The number of carboxylic acid groups (broad SMARTS) is 1. The molecule has 8 heteroatoms. The highest BCUT2D eigenvalue weighted by Gasteiger charge is 2.19. The second-order valence-corrected chi connectivity index (χ2v) is 3.29. The highest BCUT2D eigenvalue weighted by Crippen LogP contribution is 2.19. The number of halogens is 1. The molecule has 0 radical (unpaired) electrons. The van der Waals surface area contributed by atoms with E-state index in [1.165, 1.54) is 6.92 Å². The Morgan fingerprint density at radius 2 is 2.24 bits per heavy atom. The van der Waals surface area contributed by atoms with Crippen molar-refractivity contribution in [3.05, 3.63) is 39.6 Å². The number of hydrogen-bond acceptors (Lipinski definition) is 4. The summed E-state index contributed by atoms with van der Waals surface area (Å²) < 4.78 is 14.0. The summed E-state index contributed by atoms with van der Waals surface area (Å²) in [6.07, 6.45) is 0. The predicted molar refractivity (Wildman–Crippen MR) is 53.6 cm³/mol. The van der Waals surface area contributed by atoms with Crippen LogP contribution >= 0.6 is 0 Å². The van der Waals surface area contributed by atoms with Gasteiger partial charge in [0.15, 0.2) is 0 Å². The van der Waals surface area contributed by atoms with Crippen LogP contribution < -0.4 is 5.69 Å². The van der Waals surface area contributed by atoms with Gasteiger partial charge in [0.1, 0.15) is 5.82 Å². The zero-order valence-corrected chi connectivity index (χ0v) is 8.64. The van der Waals surface area contributed by atoms with Crippen LogP contribution in [0, 0.1) is 12.7 Å². The van der Waals surface area contributed by atoms with Crippen molar-refractivity contribution in [1.82, 2.24) is 20.2 Å². The number of carboxylic acids is 1. The van der Waals surface area contributed by atoms with Crippen LogP contribution in [0.1, 0.15) is 15.9 Å². The number of nitrogens with zero attached hydrogens (tertiary/aromatic N) is 3. The number of aromatic nitrogens is 4. The summed E-state index contributed by atoms with van der Waals surface area (Å²) in [7, 11) is 0. The van der Waals surface area contributed by atoms with Crippen LogP contribution in [0.2, 0.25) is 0 Å². The molecular weight excluding hydrogens is 231 g/mol. The third-order valence-corrected chi connectivity index (χ3v) is 2.29. The van der Waals surface area contributed by atoms with E-state index in [-0.39, 0.29) is 16.8 Å². The van der Waals surface area contributed by atoms with E-state index in [1.54, 1.807) is 0 Å². The van der Waals surface area contributed by atoms with E-state index in [0.29, 0.717) is 0 Å². The molecule has 17 heavy (non-hydrogen) atoms. The third kappa shape index (κ3) is 1.69. The van der Waals surface area contributed by atoms with E-state index in [2.05, 4.69) is 10.4 Å². The molecule has 0 saturated heterocycles. The number of aromatic carboxylic acids is 1. The Labute approximate surface area is 93.5 Å². The SMILES string of the molecule is Cc1c(F)ccc(-n2nn[nH]c2=O)c1C(=O)O. The number of rotatable bonds is 2. The monoisotopic (exact) mass is 238 g/mol. The summed E-state index contributed by atoms with van der Waals surface area (Å²) >= 11 is 0. The first-order valence-electron chi connectivity index (χ1n) is 4.55. The Morgan fingerprint density at radius 3 is 2.76 bits per heavy atom. The topological polar surface area (TPSA) is 101 Å². The van der Waals surface area contributed by atoms with Gasteiger partial charge in [-0.2, -0.15) is 4.68 Å². The molecule has 1 aromatic heterocycles. The molecule has 0 aliphatic rings. The highest BCUT2D eigenvalue weighted by molar-refractivity contribution is 5.93. The molecule has 0 atom stereocenters. The molecule has 1 heterocycles. The lowest BCUT2D eigenvalue weighted by Crippen LogP contribution is -2.20. The maximum atomic E-state index is 13.3. The molecule has 0 unspecified atom stereocenters. The van der Waals surface area contributed by atoms with Crippen LogP contribution in [-0.2, 0) is 0 Å². The average molecular weight is 238 g/mol. The number of tetrazole rings is 1. The fourth-order valence-electron chi connectivity index (χ4n) is 1.47. The van der Waals surface area contributed by atoms with Gasteiger partial charge in [-0.05, 0) is 29.5 Å². The van der Waals surface area contributed by atoms with Crippen molar-refractivity contribution in [3.8, 4) is 5.69 Å². The van der Waals surface area contributed by atoms with Gasteiger partial charge in [-0.3, -0.25) is 0 Å². The summed E-state index contributed by atoms with van der Waals surface area (Å²) in [4.78, 5) is 22.3. The average Bonchev–Trinajstić information content (AvgIpc) is 2.67. The van der Waals surface area contributed by atoms with Crippen molar-refractivity contribution >= 4 is 5.97 Å². The van der Waals surface area contributed by atoms with Gasteiger partial charge in [-0.1, -0.05) is 0 Å². The lowest BCUT2D eigenvalue weighted by molar-refractivity contribution is 0.0695. The molecule has 0 aliphatic heterocycles. The van der Waals surface area contributed by atoms with Crippen LogP contribution in [0.5, 0.6) is 0 Å². The van der Waals surface area contributed by atoms with E-state index in [0.717, 1.165) is 16.8 Å². The normalized spacial score (nSPS) is 10.5. The van der Waals surface area contributed by atoms with Crippen molar-refractivity contribution in [2.75, 3.05) is 0 Å². The van der Waals surface area contributed by atoms with E-state index in [4.69, 9.17) is 5.11 Å². The minimum Gasteiger partial charge on any atom is -0.478 e. The second-order valence-electron chi connectivity index (χ2n) is 3.29. The molecule has 7 nitrogen and oxygen atoms in total. The molecule has 0 amide bonds. The van der Waals surface area contributed by atoms with Crippen LogP contribution in [-0.4, -0.2) is 31.3 Å². The summed E-state index contributed by atoms with van der Waals surface area (Å²) in [5, 5.41) is 17.7. The summed E-state index contributed by atoms with van der Waals surface area (Å²) in [6.45, 7) is 1.31. The number of H-pyrrole nitrogens is 1. The fourth-order valence-corrected chi connectivity index (χ4v) is 1.47. The zero-order valence-electron chi connectivity index (χ0n) is 8.64. The van der Waals surface area contributed by atoms with Gasteiger partial charge in [-0.15, -0.1) is 0 Å². The molecule has 1 aromatic carbocycles. The maximum absolute atomic E-state index is 13.3. The van der Waals surface area contributed by atoms with Crippen molar-refractivity contribution in [2.45, 2.75) is 6.92 Å². The van der Waals surface area contributed by atoms with E-state index in [1.807, 2.05) is 5.10 Å². The largest absolute Gasteiger partial charge is 0.478 e. The summed E-state index contributed by atoms with van der Waals surface area (Å²) in [5.41, 5.74) is -1.11. The Balaban J connectivity index is 2.80. The van der Waals surface area contributed by atoms with Gasteiger partial charge >= 0.3 is 11.7 Å². The lowest BCUT2D eigenvalue weighted by Gasteiger charge is -2.07. The minimum absolute atomic E-state index is 0.0323. The van der Waals surface area contributed by atoms with E-state index in [9.17, 15) is 14.0 Å². The first-order chi connectivity index (χ1) is 8.02. The first-order valence-corrected chi connectivity index (χ1v) is 4.55. The number of nitrogens with one attached hydrogen (secondary N) is 1. The molecule has 0 fully saturated rings. The van der Waals surface area contributed by atoms with Gasteiger partial charge in [0.05, 0.1) is 11.3 Å². The molecule has 0 aliphatic carbocycles. The van der Waals surface area contributed by atoms with Crippen molar-refractivity contribution < 1.29 is 14.3 Å². The molecule has 88 valence electrons. The Bertz CT molecular complexity index is 646. The molecule has 2 N–H and O–H groups in total. The molecule has 0 saturated carbocycles. The van der Waals surface area contributed by atoms with Crippen LogP contribution in [0.3, 0.4) is 0 Å². The zero-order chi connectivity index (χ0) is 12.6. The van der Waals surface area contributed by atoms with E-state index < -0.39 is 17.5 Å². The Kier molecular flexibility index (Phi) is 2.47. The Morgan fingerprint density at radius 1 is 1.53 bits per heavy atom. The van der Waals surface area contributed by atoms with Crippen LogP contribution in [0.4, 0.5) is 4.39 Å². The third-order valence-electron chi connectivity index (χ3n) is 2.29. The second kappa shape index (κ2) is 3.81. The lowest BCUT2D eigenvalue weighted by atomic mass is 10.1. The van der Waals surface area contributed by atoms with Gasteiger partial charge < -0.3 is 5.11 Å². The first kappa shape index (κ1) is 11.0. The van der Waals surface area contributed by atoms with Crippen LogP contribution in [0.15, 0.2) is 16.9 Å². The van der Waals surface area contributed by atoms with Gasteiger partial charge in [-0.25, -0.2) is 19.1 Å². The standard InChI is InChI=1S/C9H7FN4O3/c1-4-5(10)2-3-6(7(4)8(15)16)14-9(17)11-12-13-14/h2-3H,1H3,(H,15,16)(H,11,13,17). The van der Waals surface area contributed by atoms with Gasteiger partial charge in [0.25, 0.3) is 0 Å². The number of aromatic amines is 1. The fraction of sp³-hybridized carbons (Fsp3) is 0.111. The predicted octanol–water partition coefficient (Wildman–Crippen LogP) is 0.101. The van der Waals surface area contributed by atoms with Gasteiger partial charge in [0.2, 0.25) is 0 Å². The van der Waals surface area contributed by atoms with E-state index >= 15 is 0 Å². The number of carbonyl (C=O) groups is 1. The maximum Gasteiger partial charge on any atom is 0.365 e. The van der Waals surface area contributed by atoms with Crippen molar-refractivity contribution in [1.29, 1.82) is 0 Å². The highest BCUT2D eigenvalue weighted by atomic mass is 19.1. The number of hydrogen-bond donors (Lipinski definition) is 2. The van der Waals surface area contributed by atoms with Crippen LogP contribution in [0.25, 0.3) is 5.69 Å². The molecule has 0 bridgehead atoms. The number of benzene rings is 1. The molecule has 2 aromatic rings. The van der Waals surface area contributed by atoms with Crippen molar-refractivity contribution in [2.24, 2.45) is 0 Å². The smallest absolute Gasteiger partial charge is 0.365 e. The Hall–Kier alpha value is -2.51. The molecular formula is C9H7FN4O3. The quantitative estimate of drug-likeness (QED) is 0.772. The molecule has 0 spiro atoms. The molecule has 2 rings (SSSR count).